The molecule has 166 valence electrons. The SMILES string of the molecule is N#Cc1ccnc(-c2ccc(-c3c4ccccc4c(-c4ccnc(C#N)c4)c4ccccc34)cn2)c1. The summed E-state index contributed by atoms with van der Waals surface area (Å²) < 4.78 is 0. The van der Waals surface area contributed by atoms with Crippen LogP contribution in [0.3, 0.4) is 0 Å². The molecule has 0 unspecified atom stereocenters. The van der Waals surface area contributed by atoms with Crippen LogP contribution in [-0.2, 0) is 0 Å². The standard InChI is InChI=1S/C31H17N5/c32-17-20-11-13-35-29(15-20)28-10-9-22(19-36-28)31-26-7-3-1-5-24(26)30(25-6-2-4-8-27(25)31)21-12-14-34-23(16-21)18-33/h1-16,19H. The molecule has 5 heteroatoms. The van der Waals surface area contributed by atoms with Crippen molar-refractivity contribution in [3.05, 3.63) is 115 Å². The number of aromatic nitrogens is 3. The Morgan fingerprint density at radius 2 is 1.17 bits per heavy atom. The van der Waals surface area contributed by atoms with E-state index in [1.807, 2.05) is 48.7 Å². The van der Waals surface area contributed by atoms with E-state index >= 15 is 0 Å². The summed E-state index contributed by atoms with van der Waals surface area (Å²) in [6.45, 7) is 0. The summed E-state index contributed by atoms with van der Waals surface area (Å²) in [5.74, 6) is 0. The van der Waals surface area contributed by atoms with E-state index < -0.39 is 0 Å². The fourth-order valence-corrected chi connectivity index (χ4v) is 4.73. The van der Waals surface area contributed by atoms with Crippen molar-refractivity contribution in [3.8, 4) is 45.8 Å². The largest absolute Gasteiger partial charge is 0.255 e. The summed E-state index contributed by atoms with van der Waals surface area (Å²) in [5.41, 5.74) is 6.42. The maximum Gasteiger partial charge on any atom is 0.141 e. The zero-order valence-corrected chi connectivity index (χ0v) is 19.1. The molecular weight excluding hydrogens is 442 g/mol. The van der Waals surface area contributed by atoms with E-state index in [9.17, 15) is 10.5 Å². The summed E-state index contributed by atoms with van der Waals surface area (Å²) >= 11 is 0. The van der Waals surface area contributed by atoms with Crippen molar-refractivity contribution in [3.63, 3.8) is 0 Å². The molecular formula is C31H17N5. The third-order valence-corrected chi connectivity index (χ3v) is 6.30. The summed E-state index contributed by atoms with van der Waals surface area (Å²) in [5, 5.41) is 23.0. The van der Waals surface area contributed by atoms with Gasteiger partial charge in [0.05, 0.1) is 23.0 Å². The smallest absolute Gasteiger partial charge is 0.141 e. The van der Waals surface area contributed by atoms with E-state index in [2.05, 4.69) is 52.4 Å². The predicted octanol–water partition coefficient (Wildman–Crippen LogP) is 6.92. The van der Waals surface area contributed by atoms with Crippen molar-refractivity contribution >= 4 is 21.5 Å². The van der Waals surface area contributed by atoms with Crippen LogP contribution in [0, 0.1) is 22.7 Å². The number of hydrogen-bond donors (Lipinski definition) is 0. The fraction of sp³-hybridized carbons (Fsp3) is 0. The molecule has 0 atom stereocenters. The number of rotatable bonds is 3. The number of pyridine rings is 3. The molecule has 6 rings (SSSR count). The van der Waals surface area contributed by atoms with E-state index in [0.717, 1.165) is 43.8 Å². The molecule has 0 saturated heterocycles. The molecule has 5 nitrogen and oxygen atoms in total. The highest BCUT2D eigenvalue weighted by Gasteiger charge is 2.17. The Balaban J connectivity index is 1.61. The first-order valence-electron chi connectivity index (χ1n) is 11.4. The molecule has 0 aliphatic carbocycles. The maximum absolute atomic E-state index is 9.42. The maximum atomic E-state index is 9.42. The molecule has 0 fully saturated rings. The first-order valence-corrected chi connectivity index (χ1v) is 11.4. The van der Waals surface area contributed by atoms with Crippen LogP contribution >= 0.6 is 0 Å². The van der Waals surface area contributed by atoms with Gasteiger partial charge in [0, 0.05) is 24.2 Å². The zero-order chi connectivity index (χ0) is 24.5. The van der Waals surface area contributed by atoms with Crippen LogP contribution in [0.4, 0.5) is 0 Å². The lowest BCUT2D eigenvalue weighted by atomic mass is 9.86. The van der Waals surface area contributed by atoms with Gasteiger partial charge in [0.15, 0.2) is 0 Å². The Bertz CT molecular complexity index is 1800. The van der Waals surface area contributed by atoms with Gasteiger partial charge in [0.25, 0.3) is 0 Å². The number of fused-ring (bicyclic) bond motifs is 2. The van der Waals surface area contributed by atoms with Gasteiger partial charge in [-0.15, -0.1) is 0 Å². The first kappa shape index (κ1) is 21.2. The van der Waals surface area contributed by atoms with Crippen molar-refractivity contribution in [2.24, 2.45) is 0 Å². The Hall–Kier alpha value is -5.39. The second-order valence-corrected chi connectivity index (χ2v) is 8.36. The van der Waals surface area contributed by atoms with E-state index in [-0.39, 0.29) is 0 Å². The van der Waals surface area contributed by atoms with Gasteiger partial charge < -0.3 is 0 Å². The fourth-order valence-electron chi connectivity index (χ4n) is 4.73. The third-order valence-electron chi connectivity index (χ3n) is 6.30. The normalized spacial score (nSPS) is 10.7. The molecule has 0 radical (unpaired) electrons. The highest BCUT2D eigenvalue weighted by Crippen LogP contribution is 2.43. The van der Waals surface area contributed by atoms with E-state index in [0.29, 0.717) is 22.6 Å². The monoisotopic (exact) mass is 459 g/mol. The molecule has 0 aliphatic rings. The van der Waals surface area contributed by atoms with Gasteiger partial charge in [0.1, 0.15) is 11.8 Å². The number of benzene rings is 3. The van der Waals surface area contributed by atoms with Crippen LogP contribution in [0.1, 0.15) is 11.3 Å². The summed E-state index contributed by atoms with van der Waals surface area (Å²) in [6, 6.07) is 32.1. The van der Waals surface area contributed by atoms with Gasteiger partial charge >= 0.3 is 0 Å². The lowest BCUT2D eigenvalue weighted by Gasteiger charge is -2.17. The Morgan fingerprint density at radius 3 is 1.75 bits per heavy atom. The van der Waals surface area contributed by atoms with Gasteiger partial charge in [-0.2, -0.15) is 10.5 Å². The van der Waals surface area contributed by atoms with E-state index in [4.69, 9.17) is 4.98 Å². The van der Waals surface area contributed by atoms with Crippen LogP contribution in [0.25, 0.3) is 55.2 Å². The Labute approximate surface area is 207 Å². The number of nitriles is 2. The van der Waals surface area contributed by atoms with E-state index in [1.54, 1.807) is 24.5 Å². The van der Waals surface area contributed by atoms with Crippen LogP contribution in [0.2, 0.25) is 0 Å². The van der Waals surface area contributed by atoms with Crippen molar-refractivity contribution in [1.82, 2.24) is 15.0 Å². The van der Waals surface area contributed by atoms with Crippen molar-refractivity contribution < 1.29 is 0 Å². The molecule has 36 heavy (non-hydrogen) atoms. The lowest BCUT2D eigenvalue weighted by Crippen LogP contribution is -1.93. The minimum Gasteiger partial charge on any atom is -0.255 e. The second-order valence-electron chi connectivity index (χ2n) is 8.36. The topological polar surface area (TPSA) is 86.2 Å². The van der Waals surface area contributed by atoms with Crippen LogP contribution in [0.15, 0.2) is 104 Å². The molecule has 0 aliphatic heterocycles. The molecule has 0 amide bonds. The zero-order valence-electron chi connectivity index (χ0n) is 19.1. The molecule has 3 aromatic carbocycles. The van der Waals surface area contributed by atoms with Crippen LogP contribution in [-0.4, -0.2) is 15.0 Å². The van der Waals surface area contributed by atoms with Gasteiger partial charge in [-0.3, -0.25) is 9.97 Å². The molecule has 0 N–H and O–H groups in total. The van der Waals surface area contributed by atoms with Crippen LogP contribution < -0.4 is 0 Å². The lowest BCUT2D eigenvalue weighted by molar-refractivity contribution is 1.24. The Kier molecular flexibility index (Phi) is 5.15. The average Bonchev–Trinajstić information content (AvgIpc) is 2.96. The van der Waals surface area contributed by atoms with Gasteiger partial charge in [-0.25, -0.2) is 4.98 Å². The minimum atomic E-state index is 0.388. The first-order chi connectivity index (χ1) is 17.8. The molecule has 6 aromatic rings. The van der Waals surface area contributed by atoms with Crippen LogP contribution in [0.5, 0.6) is 0 Å². The summed E-state index contributed by atoms with van der Waals surface area (Å²) in [6.07, 6.45) is 5.17. The summed E-state index contributed by atoms with van der Waals surface area (Å²) in [7, 11) is 0. The number of hydrogen-bond acceptors (Lipinski definition) is 5. The molecule has 0 bridgehead atoms. The van der Waals surface area contributed by atoms with Gasteiger partial charge in [0.2, 0.25) is 0 Å². The molecule has 3 heterocycles. The minimum absolute atomic E-state index is 0.388. The Morgan fingerprint density at radius 1 is 0.528 bits per heavy atom. The highest BCUT2D eigenvalue weighted by atomic mass is 14.8. The third kappa shape index (κ3) is 3.53. The highest BCUT2D eigenvalue weighted by molar-refractivity contribution is 6.21. The van der Waals surface area contributed by atoms with Gasteiger partial charge in [-0.05, 0) is 68.6 Å². The summed E-state index contributed by atoms with van der Waals surface area (Å²) in [4.78, 5) is 13.2. The molecule has 0 saturated carbocycles. The van der Waals surface area contributed by atoms with Crippen molar-refractivity contribution in [1.29, 1.82) is 10.5 Å². The molecule has 0 spiro atoms. The van der Waals surface area contributed by atoms with Crippen molar-refractivity contribution in [2.75, 3.05) is 0 Å². The van der Waals surface area contributed by atoms with E-state index in [1.165, 1.54) is 0 Å². The number of nitrogens with zero attached hydrogens (tertiary/aromatic N) is 5. The van der Waals surface area contributed by atoms with Gasteiger partial charge in [-0.1, -0.05) is 54.6 Å². The van der Waals surface area contributed by atoms with Crippen molar-refractivity contribution in [2.45, 2.75) is 0 Å². The predicted molar refractivity (Wildman–Crippen MR) is 141 cm³/mol. The average molecular weight is 460 g/mol. The molecule has 3 aromatic heterocycles. The second kappa shape index (κ2) is 8.76. The quantitative estimate of drug-likeness (QED) is 0.268.